The highest BCUT2D eigenvalue weighted by molar-refractivity contribution is 6.09. The summed E-state index contributed by atoms with van der Waals surface area (Å²) in [5.41, 5.74) is 9.21. The predicted octanol–water partition coefficient (Wildman–Crippen LogP) is 2.72. The molecule has 0 bridgehead atoms. The van der Waals surface area contributed by atoms with Crippen LogP contribution < -0.4 is 25.9 Å². The zero-order valence-corrected chi connectivity index (χ0v) is 23.9. The second kappa shape index (κ2) is 13.4. The number of carboxylic acid groups (broad SMARTS) is 1. The molecule has 41 heavy (non-hydrogen) atoms. The number of aromatic carboxylic acids is 1. The number of nitrogens with zero attached hydrogens (tertiary/aromatic N) is 2. The minimum Gasteiger partial charge on any atom is -0.478 e. The van der Waals surface area contributed by atoms with Crippen LogP contribution in [0.25, 0.3) is 33.4 Å². The molecule has 10 nitrogen and oxygen atoms in total. The Bertz CT molecular complexity index is 1590. The van der Waals surface area contributed by atoms with Crippen molar-refractivity contribution in [3.8, 4) is 22.5 Å². The van der Waals surface area contributed by atoms with Crippen LogP contribution >= 0.6 is 0 Å². The van der Waals surface area contributed by atoms with Crippen molar-refractivity contribution in [3.63, 3.8) is 0 Å². The summed E-state index contributed by atoms with van der Waals surface area (Å²) in [6.45, 7) is 2.32. The number of carboxylic acids is 1. The van der Waals surface area contributed by atoms with Crippen molar-refractivity contribution in [1.29, 1.82) is 0 Å². The molecule has 216 valence electrons. The fourth-order valence-electron chi connectivity index (χ4n) is 4.54. The van der Waals surface area contributed by atoms with Crippen molar-refractivity contribution in [3.05, 3.63) is 71.1 Å². The molecule has 4 N–H and O–H groups in total. The third-order valence-electron chi connectivity index (χ3n) is 6.67. The van der Waals surface area contributed by atoms with E-state index in [1.54, 1.807) is 12.1 Å². The third-order valence-corrected chi connectivity index (χ3v) is 6.67. The number of amides is 1. The van der Waals surface area contributed by atoms with Gasteiger partial charge in [-0.2, -0.15) is 0 Å². The Morgan fingerprint density at radius 3 is 2.37 bits per heavy atom. The predicted molar refractivity (Wildman–Crippen MR) is 160 cm³/mol. The SMILES string of the molecule is CN(C)c1ccc2c(-c3ccc(C(=O)NCCOCCOCCN)cc3C(=O)O)c3ccc(=[N+](C)C)cc-3oc2c1. The van der Waals surface area contributed by atoms with E-state index in [9.17, 15) is 14.7 Å². The molecule has 0 fully saturated rings. The van der Waals surface area contributed by atoms with Crippen LogP contribution in [0, 0.1) is 0 Å². The summed E-state index contributed by atoms with van der Waals surface area (Å²) in [6, 6.07) is 16.4. The van der Waals surface area contributed by atoms with Crippen LogP contribution in [0.4, 0.5) is 5.69 Å². The highest BCUT2D eigenvalue weighted by Crippen LogP contribution is 2.42. The molecule has 0 radical (unpaired) electrons. The van der Waals surface area contributed by atoms with Gasteiger partial charge in [0.1, 0.15) is 25.4 Å². The van der Waals surface area contributed by atoms with Gasteiger partial charge in [0.15, 0.2) is 0 Å². The Morgan fingerprint density at radius 2 is 1.68 bits per heavy atom. The number of ether oxygens (including phenoxy) is 2. The lowest BCUT2D eigenvalue weighted by Gasteiger charge is -2.19. The van der Waals surface area contributed by atoms with Gasteiger partial charge in [-0.3, -0.25) is 4.79 Å². The summed E-state index contributed by atoms with van der Waals surface area (Å²) >= 11 is 0. The first-order valence-electron chi connectivity index (χ1n) is 13.4. The van der Waals surface area contributed by atoms with Crippen LogP contribution in [0.1, 0.15) is 20.7 Å². The van der Waals surface area contributed by atoms with Gasteiger partial charge in [0, 0.05) is 67.1 Å². The second-order valence-corrected chi connectivity index (χ2v) is 9.96. The molecule has 0 aromatic heterocycles. The van der Waals surface area contributed by atoms with E-state index < -0.39 is 5.97 Å². The summed E-state index contributed by atoms with van der Waals surface area (Å²) in [7, 11) is 7.79. The van der Waals surface area contributed by atoms with Crippen LogP contribution in [-0.4, -0.2) is 84.7 Å². The molecule has 1 aliphatic heterocycles. The standard InChI is InChI=1S/C31H36N4O6/c1-34(2)21-6-9-24-27(18-21)41-28-19-22(35(3)4)7-10-25(28)29(24)23-8-5-20(17-26(23)31(37)38)30(36)33-12-14-40-16-15-39-13-11-32/h5-10,17-19H,11-16,32H2,1-4H3,(H-,33,36,37,38)/p+1. The number of rotatable bonds is 12. The van der Waals surface area contributed by atoms with Gasteiger partial charge < -0.3 is 34.9 Å². The molecule has 10 heteroatoms. The van der Waals surface area contributed by atoms with E-state index in [-0.39, 0.29) is 23.6 Å². The first-order valence-corrected chi connectivity index (χ1v) is 13.4. The first-order chi connectivity index (χ1) is 19.7. The number of carbonyl (C=O) groups excluding carboxylic acids is 1. The van der Waals surface area contributed by atoms with Gasteiger partial charge in [-0.1, -0.05) is 6.07 Å². The zero-order valence-electron chi connectivity index (χ0n) is 23.9. The highest BCUT2D eigenvalue weighted by atomic mass is 16.5. The lowest BCUT2D eigenvalue weighted by atomic mass is 9.89. The quantitative estimate of drug-likeness (QED) is 0.137. The molecule has 1 amide bonds. The van der Waals surface area contributed by atoms with E-state index in [1.807, 2.05) is 74.1 Å². The van der Waals surface area contributed by atoms with Gasteiger partial charge in [0.25, 0.3) is 5.91 Å². The molecule has 0 atom stereocenters. The maximum Gasteiger partial charge on any atom is 0.336 e. The number of hydrogen-bond acceptors (Lipinski definition) is 7. The molecule has 0 unspecified atom stereocenters. The van der Waals surface area contributed by atoms with Crippen molar-refractivity contribution in [2.45, 2.75) is 0 Å². The smallest absolute Gasteiger partial charge is 0.336 e. The fourth-order valence-corrected chi connectivity index (χ4v) is 4.54. The van der Waals surface area contributed by atoms with Crippen molar-refractivity contribution < 1.29 is 28.6 Å². The number of anilines is 1. The average molecular weight is 562 g/mol. The Labute approximate surface area is 238 Å². The fraction of sp³-hybridized carbons (Fsp3) is 0.323. The van der Waals surface area contributed by atoms with E-state index >= 15 is 0 Å². The Morgan fingerprint density at radius 1 is 0.951 bits per heavy atom. The van der Waals surface area contributed by atoms with Crippen LogP contribution in [0.5, 0.6) is 0 Å². The van der Waals surface area contributed by atoms with Gasteiger partial charge in [-0.25, -0.2) is 9.37 Å². The largest absolute Gasteiger partial charge is 0.478 e. The van der Waals surface area contributed by atoms with Crippen molar-refractivity contribution in [2.24, 2.45) is 5.73 Å². The van der Waals surface area contributed by atoms with E-state index in [2.05, 4.69) is 5.32 Å². The van der Waals surface area contributed by atoms with E-state index in [4.69, 9.17) is 19.6 Å². The van der Waals surface area contributed by atoms with Gasteiger partial charge in [0.2, 0.25) is 5.36 Å². The summed E-state index contributed by atoms with van der Waals surface area (Å²) in [5, 5.41) is 14.7. The highest BCUT2D eigenvalue weighted by Gasteiger charge is 2.23. The number of nitrogens with one attached hydrogen (secondary N) is 1. The summed E-state index contributed by atoms with van der Waals surface area (Å²) in [6.07, 6.45) is 0. The van der Waals surface area contributed by atoms with Crippen LogP contribution in [0.3, 0.4) is 0 Å². The lowest BCUT2D eigenvalue weighted by Crippen LogP contribution is -2.28. The Hall–Kier alpha value is -4.25. The second-order valence-electron chi connectivity index (χ2n) is 9.96. The van der Waals surface area contributed by atoms with Gasteiger partial charge in [0.05, 0.1) is 38.1 Å². The number of benzene rings is 3. The van der Waals surface area contributed by atoms with E-state index in [1.165, 1.54) is 6.07 Å². The summed E-state index contributed by atoms with van der Waals surface area (Å²) < 4.78 is 19.0. The zero-order chi connectivity index (χ0) is 29.5. The third kappa shape index (κ3) is 6.91. The Balaban J connectivity index is 1.72. The molecule has 2 aliphatic rings. The van der Waals surface area contributed by atoms with Gasteiger partial charge >= 0.3 is 5.97 Å². The average Bonchev–Trinajstić information content (AvgIpc) is 2.96. The molecular formula is C31H37N4O6+. The van der Waals surface area contributed by atoms with Gasteiger partial charge in [-0.15, -0.1) is 0 Å². The molecule has 0 saturated heterocycles. The first kappa shape index (κ1) is 29.7. The topological polar surface area (TPSA) is 130 Å². The minimum absolute atomic E-state index is 0.0214. The molecule has 0 spiro atoms. The number of nitrogens with two attached hydrogens (primary N) is 1. The number of carbonyl (C=O) groups is 2. The lowest BCUT2D eigenvalue weighted by molar-refractivity contribution is 0.0511. The molecule has 0 saturated carbocycles. The van der Waals surface area contributed by atoms with E-state index in [0.717, 1.165) is 27.6 Å². The summed E-state index contributed by atoms with van der Waals surface area (Å²) in [5.74, 6) is -0.889. The van der Waals surface area contributed by atoms with Crippen molar-refractivity contribution in [2.75, 3.05) is 72.6 Å². The molecule has 2 aromatic rings. The maximum atomic E-state index is 12.8. The van der Waals surface area contributed by atoms with E-state index in [0.29, 0.717) is 49.9 Å². The minimum atomic E-state index is -1.13. The van der Waals surface area contributed by atoms with Crippen LogP contribution in [-0.2, 0) is 9.47 Å². The molecule has 2 aromatic carbocycles. The van der Waals surface area contributed by atoms with Gasteiger partial charge in [-0.05, 0) is 35.9 Å². The Kier molecular flexibility index (Phi) is 9.72. The molecule has 4 rings (SSSR count). The summed E-state index contributed by atoms with van der Waals surface area (Å²) in [4.78, 5) is 27.4. The normalized spacial score (nSPS) is 11.1. The monoisotopic (exact) mass is 561 g/mol. The van der Waals surface area contributed by atoms with Crippen LogP contribution in [0.15, 0.2) is 59.0 Å². The number of hydrogen-bond donors (Lipinski definition) is 3. The van der Waals surface area contributed by atoms with Crippen molar-refractivity contribution in [1.82, 2.24) is 9.89 Å². The van der Waals surface area contributed by atoms with Crippen molar-refractivity contribution >= 4 is 28.5 Å². The maximum absolute atomic E-state index is 12.8. The molecule has 1 heterocycles. The molecule has 1 aliphatic carbocycles. The van der Waals surface area contributed by atoms with Crippen LogP contribution in [0.2, 0.25) is 0 Å². The number of fused-ring (bicyclic) bond motifs is 2. The molecular weight excluding hydrogens is 524 g/mol.